The summed E-state index contributed by atoms with van der Waals surface area (Å²) in [5, 5.41) is 0. The Hall–Kier alpha value is -1.01. The molecular weight excluding hydrogens is 260 g/mol. The molecule has 1 aromatic carbocycles. The normalized spacial score (nSPS) is 24.1. The first-order valence-corrected chi connectivity index (χ1v) is 7.54. The fourth-order valence-electron chi connectivity index (χ4n) is 2.30. The van der Waals surface area contributed by atoms with Gasteiger partial charge in [-0.15, -0.1) is 0 Å². The number of halogens is 2. The second-order valence-electron chi connectivity index (χ2n) is 4.81. The number of benzene rings is 1. The minimum Gasteiger partial charge on any atom is -0.324 e. The summed E-state index contributed by atoms with van der Waals surface area (Å²) in [4.78, 5) is 0. The molecule has 18 heavy (non-hydrogen) atoms. The molecule has 1 saturated heterocycles. The van der Waals surface area contributed by atoms with Crippen LogP contribution in [0.15, 0.2) is 12.1 Å². The molecule has 2 unspecified atom stereocenters. The van der Waals surface area contributed by atoms with Gasteiger partial charge in [0.1, 0.15) is 11.6 Å². The van der Waals surface area contributed by atoms with Gasteiger partial charge in [-0.3, -0.25) is 0 Å². The van der Waals surface area contributed by atoms with Crippen molar-refractivity contribution in [1.29, 1.82) is 0 Å². The lowest BCUT2D eigenvalue weighted by atomic mass is 9.92. The average Bonchev–Trinajstić information content (AvgIpc) is 2.63. The summed E-state index contributed by atoms with van der Waals surface area (Å²) in [6, 6.07) is 1.45. The molecule has 6 heteroatoms. The predicted molar refractivity (Wildman–Crippen MR) is 64.8 cm³/mol. The van der Waals surface area contributed by atoms with Crippen molar-refractivity contribution in [1.82, 2.24) is 0 Å². The van der Waals surface area contributed by atoms with Crippen LogP contribution in [0, 0.1) is 24.5 Å². The van der Waals surface area contributed by atoms with Crippen molar-refractivity contribution in [2.24, 2.45) is 11.7 Å². The summed E-state index contributed by atoms with van der Waals surface area (Å²) in [6.07, 6.45) is 0.430. The number of rotatable bonds is 2. The molecule has 100 valence electrons. The molecular formula is C12H15F2NO2S. The summed E-state index contributed by atoms with van der Waals surface area (Å²) in [5.41, 5.74) is 6.41. The molecule has 0 amide bonds. The van der Waals surface area contributed by atoms with E-state index in [9.17, 15) is 17.2 Å². The zero-order valence-corrected chi connectivity index (χ0v) is 10.8. The molecule has 2 atom stereocenters. The van der Waals surface area contributed by atoms with Crippen molar-refractivity contribution in [2.75, 3.05) is 11.5 Å². The van der Waals surface area contributed by atoms with E-state index in [1.807, 2.05) is 0 Å². The molecule has 1 aliphatic rings. The van der Waals surface area contributed by atoms with Crippen molar-refractivity contribution < 1.29 is 17.2 Å². The lowest BCUT2D eigenvalue weighted by Crippen LogP contribution is -2.23. The third-order valence-corrected chi connectivity index (χ3v) is 5.21. The van der Waals surface area contributed by atoms with Crippen LogP contribution in [0.4, 0.5) is 8.78 Å². The van der Waals surface area contributed by atoms with Crippen LogP contribution in [0.1, 0.15) is 23.6 Å². The first-order valence-electron chi connectivity index (χ1n) is 5.72. The number of nitrogens with two attached hydrogens (primary N) is 1. The van der Waals surface area contributed by atoms with Crippen LogP contribution in [0.25, 0.3) is 0 Å². The van der Waals surface area contributed by atoms with Gasteiger partial charge in [-0.2, -0.15) is 0 Å². The van der Waals surface area contributed by atoms with E-state index < -0.39 is 27.5 Å². The van der Waals surface area contributed by atoms with Crippen LogP contribution in [-0.2, 0) is 9.84 Å². The average molecular weight is 275 g/mol. The van der Waals surface area contributed by atoms with E-state index in [2.05, 4.69) is 0 Å². The quantitative estimate of drug-likeness (QED) is 0.893. The Morgan fingerprint density at radius 1 is 1.33 bits per heavy atom. The molecule has 2 N–H and O–H groups in total. The Bertz CT molecular complexity index is 572. The molecule has 0 radical (unpaired) electrons. The number of hydrogen-bond acceptors (Lipinski definition) is 3. The minimum atomic E-state index is -3.06. The van der Waals surface area contributed by atoms with Crippen LogP contribution >= 0.6 is 0 Å². The van der Waals surface area contributed by atoms with E-state index in [1.165, 1.54) is 13.0 Å². The largest absolute Gasteiger partial charge is 0.324 e. The molecule has 3 nitrogen and oxygen atoms in total. The highest BCUT2D eigenvalue weighted by molar-refractivity contribution is 7.91. The number of sulfone groups is 1. The smallest absolute Gasteiger partial charge is 0.150 e. The zero-order valence-electron chi connectivity index (χ0n) is 9.99. The second kappa shape index (κ2) is 4.59. The summed E-state index contributed by atoms with van der Waals surface area (Å²) in [7, 11) is -3.06. The van der Waals surface area contributed by atoms with Gasteiger partial charge in [0, 0.05) is 17.7 Å². The summed E-state index contributed by atoms with van der Waals surface area (Å²) < 4.78 is 49.6. The summed E-state index contributed by atoms with van der Waals surface area (Å²) >= 11 is 0. The van der Waals surface area contributed by atoms with E-state index in [4.69, 9.17) is 5.73 Å². The fourth-order valence-corrected chi connectivity index (χ4v) is 4.15. The maximum absolute atomic E-state index is 13.7. The fraction of sp³-hybridized carbons (Fsp3) is 0.500. The standard InChI is InChI=1S/C12H15F2NO2S/c1-7-4-9(11(14)5-10(7)13)12(15)8-2-3-18(16,17)6-8/h4-5,8,12H,2-3,6,15H2,1H3. The van der Waals surface area contributed by atoms with Gasteiger partial charge < -0.3 is 5.73 Å². The number of aryl methyl sites for hydroxylation is 1. The van der Waals surface area contributed by atoms with Gasteiger partial charge in [0.2, 0.25) is 0 Å². The van der Waals surface area contributed by atoms with Crippen molar-refractivity contribution in [2.45, 2.75) is 19.4 Å². The molecule has 0 saturated carbocycles. The van der Waals surface area contributed by atoms with Gasteiger partial charge in [0.25, 0.3) is 0 Å². The van der Waals surface area contributed by atoms with Crippen LogP contribution in [0.3, 0.4) is 0 Å². The molecule has 1 fully saturated rings. The molecule has 0 spiro atoms. The van der Waals surface area contributed by atoms with Gasteiger partial charge in [-0.25, -0.2) is 17.2 Å². The molecule has 1 heterocycles. The highest BCUT2D eigenvalue weighted by atomic mass is 32.2. The van der Waals surface area contributed by atoms with E-state index in [0.29, 0.717) is 12.0 Å². The predicted octanol–water partition coefficient (Wildman–Crippen LogP) is 1.71. The third-order valence-electron chi connectivity index (χ3n) is 3.41. The Morgan fingerprint density at radius 3 is 2.56 bits per heavy atom. The Kier molecular flexibility index (Phi) is 3.42. The first kappa shape index (κ1) is 13.4. The summed E-state index contributed by atoms with van der Waals surface area (Å²) in [5.74, 6) is -1.57. The van der Waals surface area contributed by atoms with Gasteiger partial charge >= 0.3 is 0 Å². The van der Waals surface area contributed by atoms with Gasteiger partial charge in [-0.1, -0.05) is 0 Å². The van der Waals surface area contributed by atoms with Crippen LogP contribution < -0.4 is 5.73 Å². The van der Waals surface area contributed by atoms with Crippen molar-refractivity contribution in [3.05, 3.63) is 34.9 Å². The monoisotopic (exact) mass is 275 g/mol. The molecule has 1 aromatic rings. The maximum Gasteiger partial charge on any atom is 0.150 e. The second-order valence-corrected chi connectivity index (χ2v) is 7.04. The lowest BCUT2D eigenvalue weighted by molar-refractivity contribution is 0.455. The SMILES string of the molecule is Cc1cc(C(N)C2CCS(=O)(=O)C2)c(F)cc1F. The van der Waals surface area contributed by atoms with E-state index >= 15 is 0 Å². The van der Waals surface area contributed by atoms with Crippen LogP contribution in [0.5, 0.6) is 0 Å². The third kappa shape index (κ3) is 2.54. The number of hydrogen-bond donors (Lipinski definition) is 1. The molecule has 0 bridgehead atoms. The first-order chi connectivity index (χ1) is 8.30. The highest BCUT2D eigenvalue weighted by Crippen LogP contribution is 2.31. The molecule has 0 aliphatic carbocycles. The molecule has 2 rings (SSSR count). The summed E-state index contributed by atoms with van der Waals surface area (Å²) in [6.45, 7) is 1.52. The van der Waals surface area contributed by atoms with E-state index in [-0.39, 0.29) is 23.0 Å². The highest BCUT2D eigenvalue weighted by Gasteiger charge is 2.33. The van der Waals surface area contributed by atoms with Crippen LogP contribution in [0.2, 0.25) is 0 Å². The van der Waals surface area contributed by atoms with E-state index in [1.54, 1.807) is 0 Å². The lowest BCUT2D eigenvalue weighted by Gasteiger charge is -2.19. The minimum absolute atomic E-state index is 0.0238. The Morgan fingerprint density at radius 2 is 2.00 bits per heavy atom. The zero-order chi connectivity index (χ0) is 13.5. The Labute approximate surface area is 105 Å². The van der Waals surface area contributed by atoms with Crippen LogP contribution in [-0.4, -0.2) is 19.9 Å². The molecule has 0 aromatic heterocycles. The van der Waals surface area contributed by atoms with E-state index in [0.717, 1.165) is 6.07 Å². The van der Waals surface area contributed by atoms with Gasteiger partial charge in [-0.05, 0) is 30.9 Å². The van der Waals surface area contributed by atoms with Gasteiger partial charge in [0.05, 0.1) is 11.5 Å². The molecule has 1 aliphatic heterocycles. The van der Waals surface area contributed by atoms with Gasteiger partial charge in [0.15, 0.2) is 9.84 Å². The van der Waals surface area contributed by atoms with Crippen molar-refractivity contribution in [3.8, 4) is 0 Å². The van der Waals surface area contributed by atoms with Crippen molar-refractivity contribution in [3.63, 3.8) is 0 Å². The Balaban J connectivity index is 2.30. The maximum atomic E-state index is 13.7. The van der Waals surface area contributed by atoms with Crippen molar-refractivity contribution >= 4 is 9.84 Å². The topological polar surface area (TPSA) is 60.2 Å².